The molecule has 7 heteroatoms. The third-order valence-electron chi connectivity index (χ3n) is 4.22. The molecule has 6 nitrogen and oxygen atoms in total. The Morgan fingerprint density at radius 1 is 1.23 bits per heavy atom. The molecular weight excluding hydrogens is 350 g/mol. The zero-order valence-corrected chi connectivity index (χ0v) is 15.1. The minimum absolute atomic E-state index is 0.179. The van der Waals surface area contributed by atoms with E-state index in [2.05, 4.69) is 15.5 Å². The summed E-state index contributed by atoms with van der Waals surface area (Å²) in [5.74, 6) is 1.25. The second kappa shape index (κ2) is 7.21. The van der Waals surface area contributed by atoms with Crippen molar-refractivity contribution >= 4 is 17.2 Å². The number of hydrogen-bond donors (Lipinski definition) is 2. The van der Waals surface area contributed by atoms with Gasteiger partial charge in [0.1, 0.15) is 0 Å². The van der Waals surface area contributed by atoms with Gasteiger partial charge in [0.2, 0.25) is 0 Å². The van der Waals surface area contributed by atoms with Crippen LogP contribution in [0, 0.1) is 0 Å². The Bertz CT molecular complexity index is 905. The van der Waals surface area contributed by atoms with E-state index in [0.717, 1.165) is 34.1 Å². The fraction of sp³-hybridized carbons (Fsp3) is 0.263. The van der Waals surface area contributed by atoms with Crippen molar-refractivity contribution in [3.05, 3.63) is 53.0 Å². The van der Waals surface area contributed by atoms with Crippen LogP contribution in [0.4, 0.5) is 0 Å². The van der Waals surface area contributed by atoms with Crippen LogP contribution >= 0.6 is 11.3 Å². The molecule has 1 amide bonds. The van der Waals surface area contributed by atoms with Crippen molar-refractivity contribution in [2.45, 2.75) is 19.4 Å². The summed E-state index contributed by atoms with van der Waals surface area (Å²) in [5, 5.41) is 12.0. The number of H-pyrrole nitrogens is 1. The first-order valence-corrected chi connectivity index (χ1v) is 9.38. The number of ether oxygens (including phenoxy) is 2. The second-order valence-electron chi connectivity index (χ2n) is 6.10. The summed E-state index contributed by atoms with van der Waals surface area (Å²) in [7, 11) is 0. The number of carbonyl (C=O) groups is 1. The molecule has 0 spiro atoms. The van der Waals surface area contributed by atoms with Crippen molar-refractivity contribution in [3.8, 4) is 22.1 Å². The Labute approximate surface area is 155 Å². The van der Waals surface area contributed by atoms with Crippen LogP contribution in [0.25, 0.3) is 10.6 Å². The Kier molecular flexibility index (Phi) is 4.62. The molecule has 0 radical (unpaired) electrons. The minimum Gasteiger partial charge on any atom is -0.490 e. The third-order valence-corrected chi connectivity index (χ3v) is 5.12. The summed E-state index contributed by atoms with van der Waals surface area (Å²) in [6.07, 6.45) is 0.863. The molecule has 134 valence electrons. The van der Waals surface area contributed by atoms with Gasteiger partial charge in [-0.05, 0) is 42.1 Å². The van der Waals surface area contributed by atoms with Gasteiger partial charge in [0.25, 0.3) is 5.91 Å². The molecule has 1 aromatic carbocycles. The van der Waals surface area contributed by atoms with Crippen LogP contribution in [-0.2, 0) is 0 Å². The SMILES string of the molecule is CC(NC(=O)c1cc(-c2cccs2)[nH]n1)c1ccc2c(c1)OCCCO2. The van der Waals surface area contributed by atoms with Gasteiger partial charge in [-0.1, -0.05) is 12.1 Å². The fourth-order valence-corrected chi connectivity index (χ4v) is 3.49. The van der Waals surface area contributed by atoms with E-state index in [1.807, 2.05) is 42.6 Å². The maximum atomic E-state index is 12.5. The van der Waals surface area contributed by atoms with E-state index in [-0.39, 0.29) is 11.9 Å². The lowest BCUT2D eigenvalue weighted by molar-refractivity contribution is 0.0934. The Morgan fingerprint density at radius 2 is 2.08 bits per heavy atom. The zero-order valence-electron chi connectivity index (χ0n) is 14.3. The molecule has 0 fully saturated rings. The number of thiophene rings is 1. The van der Waals surface area contributed by atoms with E-state index in [4.69, 9.17) is 9.47 Å². The van der Waals surface area contributed by atoms with Crippen LogP contribution in [-0.4, -0.2) is 29.3 Å². The smallest absolute Gasteiger partial charge is 0.272 e. The molecule has 2 aromatic heterocycles. The standard InChI is InChI=1S/C19H19N3O3S/c1-12(13-5-6-16-17(10-13)25-8-3-7-24-16)20-19(23)15-11-14(21-22-15)18-4-2-9-26-18/h2,4-6,9-12H,3,7-8H2,1H3,(H,20,23)(H,21,22). The van der Waals surface area contributed by atoms with Crippen LogP contribution < -0.4 is 14.8 Å². The lowest BCUT2D eigenvalue weighted by atomic mass is 10.1. The van der Waals surface area contributed by atoms with Gasteiger partial charge in [-0.2, -0.15) is 5.10 Å². The number of aromatic amines is 1. The molecule has 1 aliphatic heterocycles. The monoisotopic (exact) mass is 369 g/mol. The van der Waals surface area contributed by atoms with Crippen molar-refractivity contribution < 1.29 is 14.3 Å². The molecule has 0 aliphatic carbocycles. The predicted molar refractivity (Wildman–Crippen MR) is 99.8 cm³/mol. The molecule has 0 saturated carbocycles. The highest BCUT2D eigenvalue weighted by Gasteiger charge is 2.18. The highest BCUT2D eigenvalue weighted by Crippen LogP contribution is 2.32. The van der Waals surface area contributed by atoms with Gasteiger partial charge in [-0.25, -0.2) is 0 Å². The van der Waals surface area contributed by atoms with E-state index in [0.29, 0.717) is 18.9 Å². The second-order valence-corrected chi connectivity index (χ2v) is 7.04. The summed E-state index contributed by atoms with van der Waals surface area (Å²) in [5.41, 5.74) is 2.17. The molecular formula is C19H19N3O3S. The van der Waals surface area contributed by atoms with Gasteiger partial charge >= 0.3 is 0 Å². The first kappa shape index (κ1) is 16.7. The fourth-order valence-electron chi connectivity index (χ4n) is 2.80. The normalized spacial score (nSPS) is 14.5. The topological polar surface area (TPSA) is 76.2 Å². The van der Waals surface area contributed by atoms with Crippen LogP contribution in [0.3, 0.4) is 0 Å². The first-order valence-electron chi connectivity index (χ1n) is 8.50. The van der Waals surface area contributed by atoms with Gasteiger partial charge < -0.3 is 14.8 Å². The summed E-state index contributed by atoms with van der Waals surface area (Å²) in [6.45, 7) is 3.23. The summed E-state index contributed by atoms with van der Waals surface area (Å²) in [6, 6.07) is 11.3. The largest absolute Gasteiger partial charge is 0.490 e. The highest BCUT2D eigenvalue weighted by atomic mass is 32.1. The van der Waals surface area contributed by atoms with Crippen molar-refractivity contribution in [1.82, 2.24) is 15.5 Å². The van der Waals surface area contributed by atoms with E-state index in [9.17, 15) is 4.79 Å². The third kappa shape index (κ3) is 3.43. The van der Waals surface area contributed by atoms with Gasteiger partial charge in [0, 0.05) is 6.42 Å². The van der Waals surface area contributed by atoms with Crippen LogP contribution in [0.15, 0.2) is 41.8 Å². The number of nitrogens with one attached hydrogen (secondary N) is 2. The Hall–Kier alpha value is -2.80. The van der Waals surface area contributed by atoms with Gasteiger partial charge in [0.05, 0.1) is 29.8 Å². The van der Waals surface area contributed by atoms with Gasteiger partial charge in [0.15, 0.2) is 17.2 Å². The lowest BCUT2D eigenvalue weighted by Gasteiger charge is -2.15. The van der Waals surface area contributed by atoms with Gasteiger partial charge in [-0.3, -0.25) is 9.89 Å². The van der Waals surface area contributed by atoms with Crippen molar-refractivity contribution in [2.75, 3.05) is 13.2 Å². The number of benzene rings is 1. The quantitative estimate of drug-likeness (QED) is 0.734. The number of amides is 1. The van der Waals surface area contributed by atoms with E-state index < -0.39 is 0 Å². The molecule has 4 rings (SSSR count). The molecule has 0 bridgehead atoms. The predicted octanol–water partition coefficient (Wildman–Crippen LogP) is 3.79. The average molecular weight is 369 g/mol. The first-order chi connectivity index (χ1) is 12.7. The van der Waals surface area contributed by atoms with Crippen LogP contribution in [0.5, 0.6) is 11.5 Å². The Morgan fingerprint density at radius 3 is 2.88 bits per heavy atom. The molecule has 0 saturated heterocycles. The number of hydrogen-bond acceptors (Lipinski definition) is 5. The van der Waals surface area contributed by atoms with Crippen LogP contribution in [0.2, 0.25) is 0 Å². The molecule has 26 heavy (non-hydrogen) atoms. The maximum Gasteiger partial charge on any atom is 0.272 e. The number of fused-ring (bicyclic) bond motifs is 1. The average Bonchev–Trinajstić information content (AvgIpc) is 3.29. The zero-order chi connectivity index (χ0) is 17.9. The molecule has 1 aliphatic rings. The van der Waals surface area contributed by atoms with Crippen molar-refractivity contribution in [3.63, 3.8) is 0 Å². The van der Waals surface area contributed by atoms with Crippen LogP contribution in [0.1, 0.15) is 35.4 Å². The minimum atomic E-state index is -0.219. The Balaban J connectivity index is 1.47. The van der Waals surface area contributed by atoms with Gasteiger partial charge in [-0.15, -0.1) is 11.3 Å². The van der Waals surface area contributed by atoms with Crippen molar-refractivity contribution in [1.29, 1.82) is 0 Å². The maximum absolute atomic E-state index is 12.5. The van der Waals surface area contributed by atoms with E-state index >= 15 is 0 Å². The highest BCUT2D eigenvalue weighted by molar-refractivity contribution is 7.13. The van der Waals surface area contributed by atoms with E-state index in [1.165, 1.54) is 0 Å². The number of rotatable bonds is 4. The summed E-state index contributed by atoms with van der Waals surface area (Å²) < 4.78 is 11.4. The molecule has 2 N–H and O–H groups in total. The van der Waals surface area contributed by atoms with E-state index in [1.54, 1.807) is 17.4 Å². The molecule has 1 unspecified atom stereocenters. The summed E-state index contributed by atoms with van der Waals surface area (Å²) in [4.78, 5) is 13.6. The molecule has 3 aromatic rings. The van der Waals surface area contributed by atoms with Crippen molar-refractivity contribution in [2.24, 2.45) is 0 Å². The summed E-state index contributed by atoms with van der Waals surface area (Å²) >= 11 is 1.60. The number of aromatic nitrogens is 2. The number of nitrogens with zero attached hydrogens (tertiary/aromatic N) is 1. The number of carbonyl (C=O) groups excluding carboxylic acids is 1. The molecule has 1 atom stereocenters. The molecule has 3 heterocycles. The lowest BCUT2D eigenvalue weighted by Crippen LogP contribution is -2.27.